The van der Waals surface area contributed by atoms with Gasteiger partial charge in [-0.05, 0) is 5.56 Å². The van der Waals surface area contributed by atoms with Gasteiger partial charge in [0.05, 0.1) is 12.4 Å². The summed E-state index contributed by atoms with van der Waals surface area (Å²) in [7, 11) is 0. The van der Waals surface area contributed by atoms with Gasteiger partial charge in [-0.25, -0.2) is 9.97 Å². The smallest absolute Gasteiger partial charge is 0.271 e. The highest BCUT2D eigenvalue weighted by Crippen LogP contribution is 2.21. The highest BCUT2D eigenvalue weighted by atomic mass is 35.5. The number of hydrogen-bond acceptors (Lipinski definition) is 3. The molecule has 4 nitrogen and oxygen atoms in total. The SMILES string of the molecule is CC(C)(CNC(=O)c1cnc(Cl)cn1)c1ccccc1. The van der Waals surface area contributed by atoms with Gasteiger partial charge in [0, 0.05) is 12.0 Å². The van der Waals surface area contributed by atoms with Crippen molar-refractivity contribution in [2.24, 2.45) is 0 Å². The van der Waals surface area contributed by atoms with Gasteiger partial charge in [0.15, 0.2) is 0 Å². The molecule has 0 aliphatic carbocycles. The maximum atomic E-state index is 12.0. The van der Waals surface area contributed by atoms with Crippen LogP contribution in [0.3, 0.4) is 0 Å². The first-order valence-electron chi connectivity index (χ1n) is 6.30. The van der Waals surface area contributed by atoms with Crippen molar-refractivity contribution < 1.29 is 4.79 Å². The minimum Gasteiger partial charge on any atom is -0.350 e. The van der Waals surface area contributed by atoms with E-state index in [0.717, 1.165) is 0 Å². The summed E-state index contributed by atoms with van der Waals surface area (Å²) in [6, 6.07) is 10.1. The highest BCUT2D eigenvalue weighted by Gasteiger charge is 2.21. The minimum atomic E-state index is -0.252. The molecule has 5 heteroatoms. The Morgan fingerprint density at radius 1 is 1.20 bits per heavy atom. The van der Waals surface area contributed by atoms with Crippen LogP contribution in [0.4, 0.5) is 0 Å². The van der Waals surface area contributed by atoms with E-state index in [2.05, 4.69) is 29.1 Å². The molecule has 0 aliphatic rings. The Labute approximate surface area is 123 Å². The molecule has 20 heavy (non-hydrogen) atoms. The maximum Gasteiger partial charge on any atom is 0.271 e. The van der Waals surface area contributed by atoms with Gasteiger partial charge in [0.1, 0.15) is 10.8 Å². The zero-order chi connectivity index (χ0) is 14.6. The second-order valence-electron chi connectivity index (χ2n) is 5.16. The van der Waals surface area contributed by atoms with Crippen LogP contribution in [0.5, 0.6) is 0 Å². The van der Waals surface area contributed by atoms with E-state index < -0.39 is 0 Å². The number of aromatic nitrogens is 2. The van der Waals surface area contributed by atoms with Gasteiger partial charge < -0.3 is 5.32 Å². The Balaban J connectivity index is 2.01. The van der Waals surface area contributed by atoms with E-state index in [1.807, 2.05) is 30.3 Å². The molecule has 0 atom stereocenters. The van der Waals surface area contributed by atoms with E-state index in [9.17, 15) is 4.79 Å². The van der Waals surface area contributed by atoms with E-state index in [4.69, 9.17) is 11.6 Å². The van der Waals surface area contributed by atoms with Crippen LogP contribution >= 0.6 is 11.6 Å². The molecule has 0 saturated carbocycles. The molecule has 2 aromatic rings. The van der Waals surface area contributed by atoms with Crippen LogP contribution < -0.4 is 5.32 Å². The van der Waals surface area contributed by atoms with E-state index >= 15 is 0 Å². The van der Waals surface area contributed by atoms with Crippen molar-refractivity contribution in [2.45, 2.75) is 19.3 Å². The van der Waals surface area contributed by atoms with E-state index in [-0.39, 0.29) is 22.2 Å². The van der Waals surface area contributed by atoms with Crippen LogP contribution in [-0.4, -0.2) is 22.4 Å². The first-order valence-corrected chi connectivity index (χ1v) is 6.68. The van der Waals surface area contributed by atoms with Crippen LogP contribution in [0, 0.1) is 0 Å². The summed E-state index contributed by atoms with van der Waals surface area (Å²) in [5.74, 6) is -0.252. The van der Waals surface area contributed by atoms with E-state index in [1.54, 1.807) is 0 Å². The molecule has 0 unspecified atom stereocenters. The molecule has 0 spiro atoms. The monoisotopic (exact) mass is 289 g/mol. The predicted octanol–water partition coefficient (Wildman–Crippen LogP) is 2.84. The van der Waals surface area contributed by atoms with Crippen LogP contribution in [0.15, 0.2) is 42.7 Å². The van der Waals surface area contributed by atoms with Crippen LogP contribution in [0.25, 0.3) is 0 Å². The van der Waals surface area contributed by atoms with Crippen molar-refractivity contribution in [3.05, 3.63) is 59.1 Å². The Bertz CT molecular complexity index is 582. The zero-order valence-electron chi connectivity index (χ0n) is 11.4. The third kappa shape index (κ3) is 3.54. The van der Waals surface area contributed by atoms with E-state index in [1.165, 1.54) is 18.0 Å². The normalized spacial score (nSPS) is 11.2. The number of nitrogens with zero attached hydrogens (tertiary/aromatic N) is 2. The van der Waals surface area contributed by atoms with Crippen LogP contribution in [0.1, 0.15) is 29.9 Å². The molecule has 0 bridgehead atoms. The van der Waals surface area contributed by atoms with Crippen molar-refractivity contribution in [3.8, 4) is 0 Å². The third-order valence-corrected chi connectivity index (χ3v) is 3.29. The molecule has 0 aliphatic heterocycles. The van der Waals surface area contributed by atoms with E-state index in [0.29, 0.717) is 6.54 Å². The van der Waals surface area contributed by atoms with Gasteiger partial charge in [-0.2, -0.15) is 0 Å². The first-order chi connectivity index (χ1) is 9.49. The first kappa shape index (κ1) is 14.5. The molecule has 104 valence electrons. The molecule has 0 fully saturated rings. The second kappa shape index (κ2) is 6.01. The standard InChI is InChI=1S/C15H16ClN3O/c1-15(2,11-6-4-3-5-7-11)10-19-14(20)12-8-18-13(16)9-17-12/h3-9H,10H2,1-2H3,(H,19,20). The number of hydrogen-bond donors (Lipinski definition) is 1. The van der Waals surface area contributed by atoms with Gasteiger partial charge in [-0.3, -0.25) is 4.79 Å². The summed E-state index contributed by atoms with van der Waals surface area (Å²) >= 11 is 5.64. The highest BCUT2D eigenvalue weighted by molar-refractivity contribution is 6.29. The Kier molecular flexibility index (Phi) is 4.35. The van der Waals surface area contributed by atoms with Gasteiger partial charge in [0.25, 0.3) is 5.91 Å². The predicted molar refractivity (Wildman–Crippen MR) is 78.8 cm³/mol. The van der Waals surface area contributed by atoms with Crippen molar-refractivity contribution in [1.82, 2.24) is 15.3 Å². The number of nitrogens with one attached hydrogen (secondary N) is 1. The molecule has 0 saturated heterocycles. The number of benzene rings is 1. The molecule has 1 aromatic heterocycles. The van der Waals surface area contributed by atoms with Gasteiger partial charge >= 0.3 is 0 Å². The molecule has 0 radical (unpaired) electrons. The molecule has 2 rings (SSSR count). The lowest BCUT2D eigenvalue weighted by Gasteiger charge is -2.25. The average Bonchev–Trinajstić information content (AvgIpc) is 2.46. The number of halogens is 1. The molecule has 1 amide bonds. The Morgan fingerprint density at radius 3 is 2.50 bits per heavy atom. The lowest BCUT2D eigenvalue weighted by Crippen LogP contribution is -2.37. The fourth-order valence-electron chi connectivity index (χ4n) is 1.81. The van der Waals surface area contributed by atoms with Gasteiger partial charge in [-0.15, -0.1) is 0 Å². The largest absolute Gasteiger partial charge is 0.350 e. The fourth-order valence-corrected chi connectivity index (χ4v) is 1.91. The number of amides is 1. The fraction of sp³-hybridized carbons (Fsp3) is 0.267. The molecule has 1 heterocycles. The topological polar surface area (TPSA) is 54.9 Å². The van der Waals surface area contributed by atoms with Crippen molar-refractivity contribution in [3.63, 3.8) is 0 Å². The Morgan fingerprint density at radius 2 is 1.90 bits per heavy atom. The van der Waals surface area contributed by atoms with Gasteiger partial charge in [-0.1, -0.05) is 55.8 Å². The zero-order valence-corrected chi connectivity index (χ0v) is 12.2. The molecular formula is C15H16ClN3O. The van der Waals surface area contributed by atoms with Crippen molar-refractivity contribution >= 4 is 17.5 Å². The average molecular weight is 290 g/mol. The summed E-state index contributed by atoms with van der Waals surface area (Å²) in [5, 5.41) is 3.14. The lowest BCUT2D eigenvalue weighted by molar-refractivity contribution is 0.0940. The maximum absolute atomic E-state index is 12.0. The number of carbonyl (C=O) groups is 1. The third-order valence-electron chi connectivity index (χ3n) is 3.10. The van der Waals surface area contributed by atoms with Gasteiger partial charge in [0.2, 0.25) is 0 Å². The summed E-state index contributed by atoms with van der Waals surface area (Å²) in [4.78, 5) is 19.8. The number of rotatable bonds is 4. The molecule has 1 aromatic carbocycles. The summed E-state index contributed by atoms with van der Waals surface area (Å²) in [6.45, 7) is 4.67. The summed E-state index contributed by atoms with van der Waals surface area (Å²) < 4.78 is 0. The Hall–Kier alpha value is -1.94. The molecular weight excluding hydrogens is 274 g/mol. The van der Waals surface area contributed by atoms with Crippen molar-refractivity contribution in [1.29, 1.82) is 0 Å². The van der Waals surface area contributed by atoms with Crippen LogP contribution in [-0.2, 0) is 5.41 Å². The van der Waals surface area contributed by atoms with Crippen molar-refractivity contribution in [2.75, 3.05) is 6.54 Å². The second-order valence-corrected chi connectivity index (χ2v) is 5.54. The molecule has 1 N–H and O–H groups in total. The summed E-state index contributed by atoms with van der Waals surface area (Å²) in [5.41, 5.74) is 1.28. The lowest BCUT2D eigenvalue weighted by atomic mass is 9.84. The minimum absolute atomic E-state index is 0.156. The summed E-state index contributed by atoms with van der Waals surface area (Å²) in [6.07, 6.45) is 2.73. The quantitative estimate of drug-likeness (QED) is 0.941. The number of carbonyl (C=O) groups excluding carboxylic acids is 1. The van der Waals surface area contributed by atoms with Crippen LogP contribution in [0.2, 0.25) is 5.15 Å².